The molecule has 4 heteroatoms. The topological polar surface area (TPSA) is 41.5 Å². The van der Waals surface area contributed by atoms with Gasteiger partial charge in [0.1, 0.15) is 0 Å². The van der Waals surface area contributed by atoms with E-state index in [9.17, 15) is 4.79 Å². The van der Waals surface area contributed by atoms with Gasteiger partial charge in [-0.3, -0.25) is 4.79 Å². The van der Waals surface area contributed by atoms with Crippen molar-refractivity contribution < 1.29 is 4.79 Å². The third-order valence-electron chi connectivity index (χ3n) is 2.98. The van der Waals surface area contributed by atoms with Crippen molar-refractivity contribution >= 4 is 23.0 Å². The first kappa shape index (κ1) is 14.5. The Bertz CT molecular complexity index is 585. The number of rotatable bonds is 5. The Hall–Kier alpha value is -1.94. The lowest BCUT2D eigenvalue weighted by molar-refractivity contribution is 0.0959. The summed E-state index contributed by atoms with van der Waals surface area (Å²) in [7, 11) is 0. The standard InChI is InChI=1S/C16H18N2OS/c1-3-5-13-7-9-14(10-8-13)12(2)17-18-16(19)15-6-4-11-20-15/h4,6-11H,3,5H2,1-2H3,(H,18,19)/b17-12+. The van der Waals surface area contributed by atoms with Gasteiger partial charge >= 0.3 is 0 Å². The molecular weight excluding hydrogens is 268 g/mol. The van der Waals surface area contributed by atoms with Crippen molar-refractivity contribution in [2.75, 3.05) is 0 Å². The van der Waals surface area contributed by atoms with E-state index in [1.807, 2.05) is 30.5 Å². The van der Waals surface area contributed by atoms with E-state index in [0.29, 0.717) is 4.88 Å². The third-order valence-corrected chi connectivity index (χ3v) is 3.85. The zero-order valence-corrected chi connectivity index (χ0v) is 12.5. The fourth-order valence-electron chi connectivity index (χ4n) is 1.86. The monoisotopic (exact) mass is 286 g/mol. The van der Waals surface area contributed by atoms with Gasteiger partial charge in [-0.25, -0.2) is 5.43 Å². The zero-order valence-electron chi connectivity index (χ0n) is 11.7. The van der Waals surface area contributed by atoms with Gasteiger partial charge < -0.3 is 0 Å². The maximum absolute atomic E-state index is 11.8. The summed E-state index contributed by atoms with van der Waals surface area (Å²) in [5, 5.41) is 6.02. The Kier molecular flexibility index (Phi) is 5.07. The predicted molar refractivity (Wildman–Crippen MR) is 84.4 cm³/mol. The number of thiophene rings is 1. The van der Waals surface area contributed by atoms with Crippen LogP contribution in [0.25, 0.3) is 0 Å². The van der Waals surface area contributed by atoms with E-state index in [2.05, 4.69) is 29.6 Å². The number of hydrazone groups is 1. The summed E-state index contributed by atoms with van der Waals surface area (Å²) < 4.78 is 0. The van der Waals surface area contributed by atoms with Gasteiger partial charge in [0.25, 0.3) is 5.91 Å². The summed E-state index contributed by atoms with van der Waals surface area (Å²) in [5.41, 5.74) is 5.74. The van der Waals surface area contributed by atoms with Crippen LogP contribution in [0.5, 0.6) is 0 Å². The van der Waals surface area contributed by atoms with Crippen molar-refractivity contribution in [2.24, 2.45) is 5.10 Å². The van der Waals surface area contributed by atoms with Crippen molar-refractivity contribution in [3.8, 4) is 0 Å². The highest BCUT2D eigenvalue weighted by atomic mass is 32.1. The van der Waals surface area contributed by atoms with E-state index < -0.39 is 0 Å². The molecule has 0 saturated heterocycles. The van der Waals surface area contributed by atoms with Crippen molar-refractivity contribution in [3.63, 3.8) is 0 Å². The summed E-state index contributed by atoms with van der Waals surface area (Å²) in [6, 6.07) is 11.9. The SMILES string of the molecule is CCCc1ccc(/C(C)=N/NC(=O)c2cccs2)cc1. The number of hydrogen-bond donors (Lipinski definition) is 1. The highest BCUT2D eigenvalue weighted by Crippen LogP contribution is 2.09. The molecular formula is C16H18N2OS. The summed E-state index contributed by atoms with van der Waals surface area (Å²) in [6.07, 6.45) is 2.23. The molecule has 1 aromatic carbocycles. The molecule has 0 aliphatic rings. The average molecular weight is 286 g/mol. The van der Waals surface area contributed by atoms with Crippen LogP contribution in [0.2, 0.25) is 0 Å². The minimum absolute atomic E-state index is 0.165. The number of hydrogen-bond acceptors (Lipinski definition) is 3. The number of nitrogens with zero attached hydrogens (tertiary/aromatic N) is 1. The van der Waals surface area contributed by atoms with Crippen LogP contribution in [-0.2, 0) is 6.42 Å². The Balaban J connectivity index is 2.01. The molecule has 0 radical (unpaired) electrons. The summed E-state index contributed by atoms with van der Waals surface area (Å²) in [6.45, 7) is 4.06. The fourth-order valence-corrected chi connectivity index (χ4v) is 2.48. The van der Waals surface area contributed by atoms with Crippen LogP contribution >= 0.6 is 11.3 Å². The molecule has 1 amide bonds. The normalized spacial score (nSPS) is 11.4. The number of amides is 1. The van der Waals surface area contributed by atoms with Gasteiger partial charge in [-0.1, -0.05) is 43.7 Å². The molecule has 0 atom stereocenters. The number of benzene rings is 1. The second-order valence-electron chi connectivity index (χ2n) is 4.56. The number of aryl methyl sites for hydroxylation is 1. The van der Waals surface area contributed by atoms with Crippen LogP contribution in [0.15, 0.2) is 46.9 Å². The Labute approximate surface area is 123 Å². The van der Waals surface area contributed by atoms with Gasteiger partial charge in [0.2, 0.25) is 0 Å². The molecule has 0 spiro atoms. The molecule has 1 aromatic heterocycles. The van der Waals surface area contributed by atoms with Crippen molar-refractivity contribution in [3.05, 3.63) is 57.8 Å². The second-order valence-corrected chi connectivity index (χ2v) is 5.51. The molecule has 104 valence electrons. The average Bonchev–Trinajstić information content (AvgIpc) is 3.00. The molecule has 2 aromatic rings. The molecule has 0 saturated carbocycles. The lowest BCUT2D eigenvalue weighted by Gasteiger charge is -2.04. The highest BCUT2D eigenvalue weighted by molar-refractivity contribution is 7.12. The Morgan fingerprint density at radius 2 is 2.00 bits per heavy atom. The zero-order chi connectivity index (χ0) is 14.4. The predicted octanol–water partition coefficient (Wildman–Crippen LogP) is 3.85. The number of carbonyl (C=O) groups is 1. The number of carbonyl (C=O) groups excluding carboxylic acids is 1. The first-order valence-electron chi connectivity index (χ1n) is 6.68. The largest absolute Gasteiger partial charge is 0.281 e. The second kappa shape index (κ2) is 7.01. The quantitative estimate of drug-likeness (QED) is 0.658. The van der Waals surface area contributed by atoms with Crippen LogP contribution in [0, 0.1) is 0 Å². The molecule has 0 bridgehead atoms. The highest BCUT2D eigenvalue weighted by Gasteiger charge is 2.05. The van der Waals surface area contributed by atoms with Crippen LogP contribution in [-0.4, -0.2) is 11.6 Å². The van der Waals surface area contributed by atoms with E-state index in [1.165, 1.54) is 16.9 Å². The van der Waals surface area contributed by atoms with Crippen LogP contribution in [0.4, 0.5) is 0 Å². The van der Waals surface area contributed by atoms with Crippen molar-refractivity contribution in [2.45, 2.75) is 26.7 Å². The van der Waals surface area contributed by atoms with E-state index in [-0.39, 0.29) is 5.91 Å². The smallest absolute Gasteiger partial charge is 0.266 e. The van der Waals surface area contributed by atoms with Gasteiger partial charge in [-0.05, 0) is 35.9 Å². The van der Waals surface area contributed by atoms with Gasteiger partial charge in [0.05, 0.1) is 10.6 Å². The Morgan fingerprint density at radius 3 is 2.60 bits per heavy atom. The van der Waals surface area contributed by atoms with E-state index in [0.717, 1.165) is 24.1 Å². The van der Waals surface area contributed by atoms with Gasteiger partial charge in [-0.15, -0.1) is 11.3 Å². The summed E-state index contributed by atoms with van der Waals surface area (Å²) in [5.74, 6) is -0.165. The van der Waals surface area contributed by atoms with E-state index in [4.69, 9.17) is 0 Å². The van der Waals surface area contributed by atoms with Gasteiger partial charge in [-0.2, -0.15) is 5.10 Å². The molecule has 20 heavy (non-hydrogen) atoms. The molecule has 0 fully saturated rings. The summed E-state index contributed by atoms with van der Waals surface area (Å²) >= 11 is 1.40. The minimum atomic E-state index is -0.165. The van der Waals surface area contributed by atoms with Crippen molar-refractivity contribution in [1.29, 1.82) is 0 Å². The van der Waals surface area contributed by atoms with E-state index in [1.54, 1.807) is 6.07 Å². The maximum Gasteiger partial charge on any atom is 0.281 e. The molecule has 1 heterocycles. The molecule has 0 unspecified atom stereocenters. The van der Waals surface area contributed by atoms with E-state index >= 15 is 0 Å². The lowest BCUT2D eigenvalue weighted by Crippen LogP contribution is -2.18. The molecule has 2 rings (SSSR count). The number of nitrogens with one attached hydrogen (secondary N) is 1. The maximum atomic E-state index is 11.8. The Morgan fingerprint density at radius 1 is 1.25 bits per heavy atom. The molecule has 3 nitrogen and oxygen atoms in total. The molecule has 0 aliphatic carbocycles. The van der Waals surface area contributed by atoms with Crippen LogP contribution in [0.1, 0.15) is 41.1 Å². The molecule has 1 N–H and O–H groups in total. The first-order chi connectivity index (χ1) is 9.70. The van der Waals surface area contributed by atoms with Crippen LogP contribution < -0.4 is 5.43 Å². The van der Waals surface area contributed by atoms with Crippen molar-refractivity contribution in [1.82, 2.24) is 5.43 Å². The van der Waals surface area contributed by atoms with Gasteiger partial charge in [0, 0.05) is 0 Å². The van der Waals surface area contributed by atoms with Gasteiger partial charge in [0.15, 0.2) is 0 Å². The summed E-state index contributed by atoms with van der Waals surface area (Å²) in [4.78, 5) is 12.4. The lowest BCUT2D eigenvalue weighted by atomic mass is 10.1. The first-order valence-corrected chi connectivity index (χ1v) is 7.56. The van der Waals surface area contributed by atoms with Crippen LogP contribution in [0.3, 0.4) is 0 Å². The molecule has 0 aliphatic heterocycles. The fraction of sp³-hybridized carbons (Fsp3) is 0.250. The third kappa shape index (κ3) is 3.78. The minimum Gasteiger partial charge on any atom is -0.266 e.